The summed E-state index contributed by atoms with van der Waals surface area (Å²) in [5, 5.41) is 15.7. The van der Waals surface area contributed by atoms with Crippen LogP contribution in [0.5, 0.6) is 0 Å². The number of benzene rings is 1. The molecule has 1 aromatic carbocycles. The number of aryl methyl sites for hydroxylation is 1. The van der Waals surface area contributed by atoms with Gasteiger partial charge in [-0.25, -0.2) is 4.99 Å². The Kier molecular flexibility index (Phi) is 7.40. The predicted molar refractivity (Wildman–Crippen MR) is 118 cm³/mol. The number of guanidine groups is 1. The van der Waals surface area contributed by atoms with Crippen LogP contribution in [0.25, 0.3) is 0 Å². The lowest BCUT2D eigenvalue weighted by molar-refractivity contribution is -0.116. The van der Waals surface area contributed by atoms with Crippen molar-refractivity contribution in [2.45, 2.75) is 33.5 Å². The summed E-state index contributed by atoms with van der Waals surface area (Å²) in [4.78, 5) is 18.1. The number of nitrogens with zero attached hydrogens (tertiary/aromatic N) is 3. The van der Waals surface area contributed by atoms with Crippen molar-refractivity contribution in [2.24, 2.45) is 4.99 Å². The maximum absolute atomic E-state index is 12.1. The van der Waals surface area contributed by atoms with E-state index in [-0.39, 0.29) is 12.5 Å². The summed E-state index contributed by atoms with van der Waals surface area (Å²) >= 11 is 1.74. The molecule has 2 heterocycles. The van der Waals surface area contributed by atoms with Crippen molar-refractivity contribution in [2.75, 3.05) is 11.9 Å². The normalized spacial score (nSPS) is 11.3. The fourth-order valence-electron chi connectivity index (χ4n) is 2.75. The highest BCUT2D eigenvalue weighted by atomic mass is 32.1. The third-order valence-electron chi connectivity index (χ3n) is 4.22. The average Bonchev–Trinajstić information content (AvgIpc) is 3.36. The lowest BCUT2D eigenvalue weighted by Gasteiger charge is -2.11. The fourth-order valence-corrected chi connectivity index (χ4v) is 3.60. The van der Waals surface area contributed by atoms with Crippen LogP contribution in [0, 0.1) is 6.92 Å². The molecule has 0 unspecified atom stereocenters. The second-order valence-corrected chi connectivity index (χ2v) is 7.53. The zero-order valence-corrected chi connectivity index (χ0v) is 17.5. The van der Waals surface area contributed by atoms with Gasteiger partial charge in [-0.1, -0.05) is 12.1 Å². The smallest absolute Gasteiger partial charge is 0.246 e. The number of aliphatic imine (C=N–C) groups is 1. The molecule has 3 rings (SSSR count). The van der Waals surface area contributed by atoms with Gasteiger partial charge in [0.25, 0.3) is 0 Å². The molecule has 0 atom stereocenters. The lowest BCUT2D eigenvalue weighted by atomic mass is 10.2. The summed E-state index contributed by atoms with van der Waals surface area (Å²) in [5.41, 5.74) is 3.06. The number of hydrogen-bond acceptors (Lipinski definition) is 4. The SMILES string of the molecule is CCNC(=NCc1cccc(NC(=O)Cn2cccn2)c1)NCc1sccc1C. The summed E-state index contributed by atoms with van der Waals surface area (Å²) in [7, 11) is 0. The minimum atomic E-state index is -0.115. The molecule has 0 saturated carbocycles. The summed E-state index contributed by atoms with van der Waals surface area (Å²) in [6, 6.07) is 11.7. The van der Waals surface area contributed by atoms with Crippen LogP contribution in [0.1, 0.15) is 22.9 Å². The highest BCUT2D eigenvalue weighted by Crippen LogP contribution is 2.15. The Morgan fingerprint density at radius 3 is 2.86 bits per heavy atom. The van der Waals surface area contributed by atoms with Gasteiger partial charge in [-0.05, 0) is 54.6 Å². The van der Waals surface area contributed by atoms with Crippen molar-refractivity contribution < 1.29 is 4.79 Å². The number of hydrogen-bond donors (Lipinski definition) is 3. The van der Waals surface area contributed by atoms with E-state index in [9.17, 15) is 4.79 Å². The highest BCUT2D eigenvalue weighted by molar-refractivity contribution is 7.10. The van der Waals surface area contributed by atoms with Crippen LogP contribution in [-0.4, -0.2) is 28.2 Å². The first-order chi connectivity index (χ1) is 14.1. The molecule has 7 nitrogen and oxygen atoms in total. The third-order valence-corrected chi connectivity index (χ3v) is 5.25. The first kappa shape index (κ1) is 20.6. The van der Waals surface area contributed by atoms with Gasteiger partial charge in [0, 0.05) is 29.5 Å². The highest BCUT2D eigenvalue weighted by Gasteiger charge is 2.05. The van der Waals surface area contributed by atoms with Gasteiger partial charge in [0.1, 0.15) is 6.54 Å². The minimum absolute atomic E-state index is 0.115. The molecule has 0 saturated heterocycles. The Morgan fingerprint density at radius 1 is 1.24 bits per heavy atom. The lowest BCUT2D eigenvalue weighted by Crippen LogP contribution is -2.36. The Bertz CT molecular complexity index is 948. The van der Waals surface area contributed by atoms with Crippen LogP contribution in [0.15, 0.2) is 59.2 Å². The maximum Gasteiger partial charge on any atom is 0.246 e. The molecule has 8 heteroatoms. The van der Waals surface area contributed by atoms with Crippen LogP contribution < -0.4 is 16.0 Å². The van der Waals surface area contributed by atoms with Crippen molar-refractivity contribution in [3.63, 3.8) is 0 Å². The van der Waals surface area contributed by atoms with E-state index in [4.69, 9.17) is 0 Å². The number of amides is 1. The van der Waals surface area contributed by atoms with Crippen LogP contribution in [-0.2, 0) is 24.4 Å². The number of carbonyl (C=O) groups excluding carboxylic acids is 1. The minimum Gasteiger partial charge on any atom is -0.357 e. The number of nitrogens with one attached hydrogen (secondary N) is 3. The first-order valence-corrected chi connectivity index (χ1v) is 10.4. The van der Waals surface area contributed by atoms with Crippen molar-refractivity contribution in [1.29, 1.82) is 0 Å². The maximum atomic E-state index is 12.1. The zero-order chi connectivity index (χ0) is 20.5. The molecule has 1 amide bonds. The largest absolute Gasteiger partial charge is 0.357 e. The van der Waals surface area contributed by atoms with E-state index < -0.39 is 0 Å². The number of aromatic nitrogens is 2. The predicted octanol–water partition coefficient (Wildman–Crippen LogP) is 3.15. The Balaban J connectivity index is 1.58. The van der Waals surface area contributed by atoms with Crippen molar-refractivity contribution in [3.8, 4) is 0 Å². The third kappa shape index (κ3) is 6.46. The van der Waals surface area contributed by atoms with Crippen LogP contribution in [0.2, 0.25) is 0 Å². The van der Waals surface area contributed by atoms with Gasteiger partial charge in [0.05, 0.1) is 13.1 Å². The van der Waals surface area contributed by atoms with Crippen molar-refractivity contribution in [1.82, 2.24) is 20.4 Å². The topological polar surface area (TPSA) is 83.3 Å². The van der Waals surface area contributed by atoms with E-state index in [1.807, 2.05) is 31.2 Å². The number of anilines is 1. The van der Waals surface area contributed by atoms with Gasteiger partial charge < -0.3 is 16.0 Å². The second-order valence-electron chi connectivity index (χ2n) is 6.53. The molecule has 3 N–H and O–H groups in total. The molecular weight excluding hydrogens is 384 g/mol. The molecule has 152 valence electrons. The van der Waals surface area contributed by atoms with Gasteiger partial charge in [0.15, 0.2) is 5.96 Å². The molecular formula is C21H26N6OS. The summed E-state index contributed by atoms with van der Waals surface area (Å²) in [6.45, 7) is 6.40. The van der Waals surface area contributed by atoms with E-state index >= 15 is 0 Å². The van der Waals surface area contributed by atoms with Crippen molar-refractivity contribution >= 4 is 28.9 Å². The Morgan fingerprint density at radius 2 is 2.14 bits per heavy atom. The van der Waals surface area contributed by atoms with Crippen molar-refractivity contribution in [3.05, 3.63) is 70.2 Å². The Hall–Kier alpha value is -3.13. The van der Waals surface area contributed by atoms with Crippen LogP contribution in [0.3, 0.4) is 0 Å². The summed E-state index contributed by atoms with van der Waals surface area (Å²) < 4.78 is 1.59. The van der Waals surface area contributed by atoms with Gasteiger partial charge in [-0.3, -0.25) is 9.48 Å². The van der Waals surface area contributed by atoms with E-state index in [0.29, 0.717) is 6.54 Å². The molecule has 0 aliphatic rings. The quantitative estimate of drug-likeness (QED) is 0.394. The summed E-state index contributed by atoms with van der Waals surface area (Å²) in [6.07, 6.45) is 3.42. The van der Waals surface area contributed by atoms with Crippen LogP contribution >= 0.6 is 11.3 Å². The molecule has 0 spiro atoms. The van der Waals surface area contributed by atoms with E-state index in [2.05, 4.69) is 44.4 Å². The molecule has 29 heavy (non-hydrogen) atoms. The number of carbonyl (C=O) groups is 1. The molecule has 3 aromatic rings. The first-order valence-electron chi connectivity index (χ1n) is 9.55. The molecule has 2 aromatic heterocycles. The number of rotatable bonds is 8. The average molecular weight is 411 g/mol. The molecule has 0 radical (unpaired) electrons. The number of thiophene rings is 1. The molecule has 0 fully saturated rings. The molecule has 0 aliphatic carbocycles. The van der Waals surface area contributed by atoms with E-state index in [1.54, 1.807) is 34.5 Å². The summed E-state index contributed by atoms with van der Waals surface area (Å²) in [5.74, 6) is 0.657. The van der Waals surface area contributed by atoms with E-state index in [0.717, 1.165) is 30.3 Å². The van der Waals surface area contributed by atoms with Gasteiger partial charge in [-0.2, -0.15) is 5.10 Å². The van der Waals surface area contributed by atoms with Gasteiger partial charge in [0.2, 0.25) is 5.91 Å². The standard InChI is InChI=1S/C21H26N6OS/c1-3-22-21(24-14-19-16(2)8-11-29-19)23-13-17-6-4-7-18(12-17)26-20(28)15-27-10-5-9-25-27/h4-12H,3,13-15H2,1-2H3,(H,26,28)(H2,22,23,24). The van der Waals surface area contributed by atoms with Gasteiger partial charge in [-0.15, -0.1) is 11.3 Å². The van der Waals surface area contributed by atoms with Crippen LogP contribution in [0.4, 0.5) is 5.69 Å². The molecule has 0 bridgehead atoms. The zero-order valence-electron chi connectivity index (χ0n) is 16.7. The fraction of sp³-hybridized carbons (Fsp3) is 0.286. The second kappa shape index (κ2) is 10.4. The molecule has 0 aliphatic heterocycles. The monoisotopic (exact) mass is 410 g/mol. The van der Waals surface area contributed by atoms with E-state index in [1.165, 1.54) is 10.4 Å². The Labute approximate surface area is 174 Å². The van der Waals surface area contributed by atoms with Gasteiger partial charge >= 0.3 is 0 Å².